The number of piperidine rings is 1. The van der Waals surface area contributed by atoms with E-state index in [0.29, 0.717) is 16.8 Å². The molecule has 2 aliphatic heterocycles. The summed E-state index contributed by atoms with van der Waals surface area (Å²) in [7, 11) is 1.59. The van der Waals surface area contributed by atoms with Crippen molar-refractivity contribution in [1.29, 1.82) is 0 Å². The third-order valence-corrected chi connectivity index (χ3v) is 6.64. The molecule has 0 aromatic heterocycles. The fourth-order valence-electron chi connectivity index (χ4n) is 4.80. The number of nitrogens with zero attached hydrogens (tertiary/aromatic N) is 1. The van der Waals surface area contributed by atoms with E-state index in [1.165, 1.54) is 37.9 Å². The number of nitrogens with one attached hydrogen (secondary N) is 3. The zero-order valence-corrected chi connectivity index (χ0v) is 19.9. The molecule has 2 amide bonds. The number of carbonyl (C=O) groups is 2. The van der Waals surface area contributed by atoms with Gasteiger partial charge in [-0.3, -0.25) is 14.5 Å². The Morgan fingerprint density at radius 1 is 0.914 bits per heavy atom. The Hall–Kier alpha value is -3.90. The van der Waals surface area contributed by atoms with Gasteiger partial charge in [0.05, 0.1) is 11.3 Å². The molecule has 1 fully saturated rings. The molecule has 35 heavy (non-hydrogen) atoms. The minimum atomic E-state index is -0.192. The first-order chi connectivity index (χ1) is 17.1. The fraction of sp³-hybridized carbons (Fsp3) is 0.241. The molecule has 0 spiro atoms. The van der Waals surface area contributed by atoms with Crippen molar-refractivity contribution in [1.82, 2.24) is 10.2 Å². The summed E-state index contributed by atoms with van der Waals surface area (Å²) >= 11 is 0. The van der Waals surface area contributed by atoms with Gasteiger partial charge in [0.15, 0.2) is 0 Å². The quantitative estimate of drug-likeness (QED) is 0.449. The van der Waals surface area contributed by atoms with Gasteiger partial charge in [0.2, 0.25) is 0 Å². The van der Waals surface area contributed by atoms with Crippen LogP contribution < -0.4 is 16.0 Å². The van der Waals surface area contributed by atoms with E-state index >= 15 is 0 Å². The van der Waals surface area contributed by atoms with E-state index in [9.17, 15) is 9.59 Å². The Morgan fingerprint density at radius 2 is 1.66 bits per heavy atom. The number of likely N-dealkylation sites (tertiary alicyclic amines) is 1. The maximum atomic E-state index is 13.1. The SMILES string of the molecule is CNC(=O)c1ccc2c(c1)NC(=O)/C2=C(\Nc1ccc(CN2CCCCC2)cc1)c1ccccc1. The minimum absolute atomic E-state index is 0.189. The highest BCUT2D eigenvalue weighted by molar-refractivity contribution is 6.37. The zero-order valence-electron chi connectivity index (χ0n) is 19.9. The topological polar surface area (TPSA) is 73.5 Å². The van der Waals surface area contributed by atoms with Crippen molar-refractivity contribution >= 4 is 34.5 Å². The van der Waals surface area contributed by atoms with E-state index in [4.69, 9.17) is 0 Å². The van der Waals surface area contributed by atoms with Gasteiger partial charge in [-0.15, -0.1) is 0 Å². The molecule has 0 aliphatic carbocycles. The molecule has 5 rings (SSSR count). The number of anilines is 2. The summed E-state index contributed by atoms with van der Waals surface area (Å²) in [6.07, 6.45) is 3.89. The van der Waals surface area contributed by atoms with Gasteiger partial charge in [0.1, 0.15) is 0 Å². The highest BCUT2D eigenvalue weighted by Crippen LogP contribution is 2.38. The Bertz CT molecular complexity index is 1260. The van der Waals surface area contributed by atoms with Gasteiger partial charge in [0.25, 0.3) is 11.8 Å². The lowest BCUT2D eigenvalue weighted by atomic mass is 9.98. The van der Waals surface area contributed by atoms with Crippen LogP contribution in [0.15, 0.2) is 72.8 Å². The van der Waals surface area contributed by atoms with E-state index in [-0.39, 0.29) is 11.8 Å². The third-order valence-electron chi connectivity index (χ3n) is 6.64. The van der Waals surface area contributed by atoms with E-state index in [1.807, 2.05) is 36.4 Å². The van der Waals surface area contributed by atoms with Crippen molar-refractivity contribution in [2.24, 2.45) is 0 Å². The van der Waals surface area contributed by atoms with E-state index in [0.717, 1.165) is 29.1 Å². The van der Waals surface area contributed by atoms with Gasteiger partial charge in [-0.05, 0) is 61.3 Å². The van der Waals surface area contributed by atoms with Crippen molar-refractivity contribution < 1.29 is 9.59 Å². The Morgan fingerprint density at radius 3 is 2.37 bits per heavy atom. The molecule has 6 heteroatoms. The Kier molecular flexibility index (Phi) is 6.64. The Labute approximate surface area is 206 Å². The molecule has 0 saturated carbocycles. The molecule has 2 aliphatic rings. The smallest absolute Gasteiger partial charge is 0.258 e. The summed E-state index contributed by atoms with van der Waals surface area (Å²) in [6, 6.07) is 23.6. The first-order valence-corrected chi connectivity index (χ1v) is 12.2. The number of benzene rings is 3. The van der Waals surface area contributed by atoms with E-state index in [1.54, 1.807) is 19.2 Å². The average molecular weight is 467 g/mol. The van der Waals surface area contributed by atoms with Crippen LogP contribution in [0.4, 0.5) is 11.4 Å². The molecule has 2 heterocycles. The molecule has 0 radical (unpaired) electrons. The minimum Gasteiger partial charge on any atom is -0.355 e. The normalized spacial score (nSPS) is 16.9. The van der Waals surface area contributed by atoms with Crippen molar-refractivity contribution in [3.05, 3.63) is 95.1 Å². The second kappa shape index (κ2) is 10.2. The number of fused-ring (bicyclic) bond motifs is 1. The average Bonchev–Trinajstić information content (AvgIpc) is 3.23. The van der Waals surface area contributed by atoms with Crippen LogP contribution in [0, 0.1) is 0 Å². The van der Waals surface area contributed by atoms with Gasteiger partial charge in [0, 0.05) is 36.1 Å². The Balaban J connectivity index is 1.48. The number of amides is 2. The molecule has 1 saturated heterocycles. The molecular formula is C29H30N4O2. The third kappa shape index (κ3) is 4.98. The monoisotopic (exact) mass is 466 g/mol. The van der Waals surface area contributed by atoms with Crippen molar-refractivity contribution in [3.8, 4) is 0 Å². The molecule has 3 N–H and O–H groups in total. The summed E-state index contributed by atoms with van der Waals surface area (Å²) < 4.78 is 0. The lowest BCUT2D eigenvalue weighted by molar-refractivity contribution is -0.110. The predicted molar refractivity (Wildman–Crippen MR) is 141 cm³/mol. The van der Waals surface area contributed by atoms with E-state index in [2.05, 4.69) is 45.1 Å². The first-order valence-electron chi connectivity index (χ1n) is 12.2. The lowest BCUT2D eigenvalue weighted by Gasteiger charge is -2.26. The van der Waals surface area contributed by atoms with Gasteiger partial charge in [-0.2, -0.15) is 0 Å². The maximum Gasteiger partial charge on any atom is 0.258 e. The van der Waals surface area contributed by atoms with Crippen LogP contribution in [0.25, 0.3) is 11.3 Å². The van der Waals surface area contributed by atoms with Gasteiger partial charge in [-0.1, -0.05) is 55.0 Å². The second-order valence-corrected chi connectivity index (χ2v) is 9.07. The summed E-state index contributed by atoms with van der Waals surface area (Å²) in [5.74, 6) is -0.382. The van der Waals surface area contributed by atoms with Gasteiger partial charge >= 0.3 is 0 Å². The molecular weight excluding hydrogens is 436 g/mol. The highest BCUT2D eigenvalue weighted by atomic mass is 16.2. The predicted octanol–water partition coefficient (Wildman–Crippen LogP) is 4.96. The lowest BCUT2D eigenvalue weighted by Crippen LogP contribution is -2.29. The summed E-state index contributed by atoms with van der Waals surface area (Å²) in [6.45, 7) is 3.30. The highest BCUT2D eigenvalue weighted by Gasteiger charge is 2.29. The molecule has 178 valence electrons. The molecule has 6 nitrogen and oxygen atoms in total. The first kappa shape index (κ1) is 22.9. The second-order valence-electron chi connectivity index (χ2n) is 9.07. The summed E-state index contributed by atoms with van der Waals surface area (Å²) in [5.41, 5.74) is 6.34. The fourth-order valence-corrected chi connectivity index (χ4v) is 4.80. The van der Waals surface area contributed by atoms with Crippen molar-refractivity contribution in [3.63, 3.8) is 0 Å². The molecule has 3 aromatic rings. The van der Waals surface area contributed by atoms with Crippen molar-refractivity contribution in [2.45, 2.75) is 25.8 Å². The number of carbonyl (C=O) groups excluding carboxylic acids is 2. The van der Waals surface area contributed by atoms with Crippen LogP contribution in [0.3, 0.4) is 0 Å². The maximum absolute atomic E-state index is 13.1. The molecule has 0 bridgehead atoms. The van der Waals surface area contributed by atoms with Crippen LogP contribution in [0.1, 0.15) is 46.3 Å². The largest absolute Gasteiger partial charge is 0.355 e. The number of hydrogen-bond donors (Lipinski definition) is 3. The zero-order chi connectivity index (χ0) is 24.2. The number of hydrogen-bond acceptors (Lipinski definition) is 4. The molecule has 0 atom stereocenters. The van der Waals surface area contributed by atoms with Crippen LogP contribution in [0.5, 0.6) is 0 Å². The van der Waals surface area contributed by atoms with E-state index < -0.39 is 0 Å². The van der Waals surface area contributed by atoms with Gasteiger partial charge in [-0.25, -0.2) is 0 Å². The summed E-state index contributed by atoms with van der Waals surface area (Å²) in [4.78, 5) is 27.7. The van der Waals surface area contributed by atoms with Crippen LogP contribution >= 0.6 is 0 Å². The molecule has 0 unspecified atom stereocenters. The van der Waals surface area contributed by atoms with Crippen LogP contribution in [-0.2, 0) is 11.3 Å². The molecule has 3 aromatic carbocycles. The summed E-state index contributed by atoms with van der Waals surface area (Å²) in [5, 5.41) is 9.08. The van der Waals surface area contributed by atoms with Crippen LogP contribution in [0.2, 0.25) is 0 Å². The number of rotatable bonds is 6. The van der Waals surface area contributed by atoms with Gasteiger partial charge < -0.3 is 16.0 Å². The standard InChI is InChI=1S/C29H30N4O2/c1-30-28(34)22-12-15-24-25(18-22)32-29(35)26(24)27(21-8-4-2-5-9-21)31-23-13-10-20(11-14-23)19-33-16-6-3-7-17-33/h2,4-5,8-15,18,31H,3,6-7,16-17,19H2,1H3,(H,30,34)(H,32,35)/b27-26-. The van der Waals surface area contributed by atoms with Crippen molar-refractivity contribution in [2.75, 3.05) is 30.8 Å². The van der Waals surface area contributed by atoms with Crippen LogP contribution in [-0.4, -0.2) is 36.9 Å².